The van der Waals surface area contributed by atoms with Crippen molar-refractivity contribution in [2.24, 2.45) is 0 Å². The molecular formula is C59H105NO3. The number of rotatable bonds is 49. The van der Waals surface area contributed by atoms with Gasteiger partial charge in [-0.1, -0.05) is 272 Å². The number of carbonyl (C=O) groups is 1. The molecule has 0 saturated carbocycles. The third kappa shape index (κ3) is 50.4. The molecule has 0 heterocycles. The number of amides is 1. The number of aliphatic hydroxyl groups excluding tert-OH is 2. The topological polar surface area (TPSA) is 69.6 Å². The van der Waals surface area contributed by atoms with Crippen molar-refractivity contribution >= 4 is 5.91 Å². The Balaban J connectivity index is 3.49. The number of aliphatic hydroxyl groups is 2. The lowest BCUT2D eigenvalue weighted by molar-refractivity contribution is -0.123. The van der Waals surface area contributed by atoms with Crippen LogP contribution in [0.15, 0.2) is 85.1 Å². The summed E-state index contributed by atoms with van der Waals surface area (Å²) in [5, 5.41) is 23.2. The van der Waals surface area contributed by atoms with Crippen molar-refractivity contribution in [1.82, 2.24) is 5.32 Å². The number of unbranched alkanes of at least 4 members (excludes halogenated alkanes) is 28. The molecule has 4 heteroatoms. The maximum absolute atomic E-state index is 12.5. The summed E-state index contributed by atoms with van der Waals surface area (Å²) in [7, 11) is 0. The number of hydrogen-bond donors (Lipinski definition) is 3. The molecule has 1 amide bonds. The number of carbonyl (C=O) groups excluding carboxylic acids is 1. The average Bonchev–Trinajstić information content (AvgIpc) is 3.29. The lowest BCUT2D eigenvalue weighted by atomic mass is 10.0. The van der Waals surface area contributed by atoms with E-state index in [1.165, 1.54) is 167 Å². The Morgan fingerprint density at radius 2 is 0.698 bits per heavy atom. The van der Waals surface area contributed by atoms with Gasteiger partial charge in [0.25, 0.3) is 0 Å². The standard InChI is InChI=1S/C59H105NO3/c1-3-5-7-9-11-13-15-17-19-20-21-22-23-24-25-26-27-28-29-30-31-32-33-34-35-36-37-38-39-40-41-43-45-47-49-51-53-55-59(63)60-57(56-61)58(62)54-52-50-48-46-44-42-18-16-14-12-10-8-6-4-2/h5,7,11,13,17,19,21-22,24-25,27-28,30-31,57-58,61-62H,3-4,6,8-10,12,14-16,18,20,23,26,29,32-56H2,1-2H3,(H,60,63)/b7-5-,13-11-,19-17-,22-21-,25-24-,28-27-,31-30-. The van der Waals surface area contributed by atoms with Gasteiger partial charge in [0.2, 0.25) is 5.91 Å². The fourth-order valence-corrected chi connectivity index (χ4v) is 8.05. The Kier molecular flexibility index (Phi) is 51.8. The van der Waals surface area contributed by atoms with Crippen LogP contribution in [0.3, 0.4) is 0 Å². The number of nitrogens with one attached hydrogen (secondary N) is 1. The first-order chi connectivity index (χ1) is 31.2. The van der Waals surface area contributed by atoms with Crippen LogP contribution in [0.4, 0.5) is 0 Å². The second kappa shape index (κ2) is 53.9. The van der Waals surface area contributed by atoms with Gasteiger partial charge >= 0.3 is 0 Å². The smallest absolute Gasteiger partial charge is 0.220 e. The maximum atomic E-state index is 12.5. The molecule has 0 aromatic rings. The first kappa shape index (κ1) is 60.6. The molecule has 0 radical (unpaired) electrons. The molecule has 0 saturated heterocycles. The maximum Gasteiger partial charge on any atom is 0.220 e. The van der Waals surface area contributed by atoms with Gasteiger partial charge in [0, 0.05) is 6.42 Å². The van der Waals surface area contributed by atoms with Crippen LogP contribution in [-0.4, -0.2) is 34.9 Å². The summed E-state index contributed by atoms with van der Waals surface area (Å²) in [5.74, 6) is -0.0328. The fraction of sp³-hybridized carbons (Fsp3) is 0.746. The Morgan fingerprint density at radius 1 is 0.397 bits per heavy atom. The summed E-state index contributed by atoms with van der Waals surface area (Å²) in [6, 6.07) is -0.539. The van der Waals surface area contributed by atoms with Gasteiger partial charge in [0.1, 0.15) is 0 Å². The minimum absolute atomic E-state index is 0.0328. The van der Waals surface area contributed by atoms with E-state index in [9.17, 15) is 15.0 Å². The Morgan fingerprint density at radius 3 is 1.05 bits per heavy atom. The molecule has 0 aliphatic carbocycles. The Labute approximate surface area is 392 Å². The van der Waals surface area contributed by atoms with Crippen LogP contribution in [0.5, 0.6) is 0 Å². The molecule has 0 rings (SSSR count). The molecule has 0 aromatic heterocycles. The molecule has 3 N–H and O–H groups in total. The Bertz CT molecular complexity index is 1130. The van der Waals surface area contributed by atoms with Crippen molar-refractivity contribution < 1.29 is 15.0 Å². The van der Waals surface area contributed by atoms with Gasteiger partial charge in [-0.3, -0.25) is 4.79 Å². The zero-order valence-electron chi connectivity index (χ0n) is 41.8. The number of allylic oxidation sites excluding steroid dienone is 14. The van der Waals surface area contributed by atoms with Crippen molar-refractivity contribution in [1.29, 1.82) is 0 Å². The highest BCUT2D eigenvalue weighted by Crippen LogP contribution is 2.16. The predicted octanol–water partition coefficient (Wildman–Crippen LogP) is 18.0. The van der Waals surface area contributed by atoms with Crippen molar-refractivity contribution in [2.45, 2.75) is 276 Å². The van der Waals surface area contributed by atoms with Gasteiger partial charge < -0.3 is 15.5 Å². The van der Waals surface area contributed by atoms with E-state index in [4.69, 9.17) is 0 Å². The molecule has 0 fully saturated rings. The highest BCUT2D eigenvalue weighted by molar-refractivity contribution is 5.76. The lowest BCUT2D eigenvalue weighted by Crippen LogP contribution is -2.45. The highest BCUT2D eigenvalue weighted by atomic mass is 16.3. The molecule has 0 spiro atoms. The minimum Gasteiger partial charge on any atom is -0.394 e. The second-order valence-electron chi connectivity index (χ2n) is 18.3. The van der Waals surface area contributed by atoms with Gasteiger partial charge in [-0.2, -0.15) is 0 Å². The van der Waals surface area contributed by atoms with Gasteiger partial charge in [-0.05, 0) is 70.6 Å². The predicted molar refractivity (Wildman–Crippen MR) is 280 cm³/mol. The second-order valence-corrected chi connectivity index (χ2v) is 18.3. The van der Waals surface area contributed by atoms with Gasteiger partial charge in [0.15, 0.2) is 0 Å². The van der Waals surface area contributed by atoms with Crippen LogP contribution < -0.4 is 5.32 Å². The van der Waals surface area contributed by atoms with Crippen LogP contribution in [0, 0.1) is 0 Å². The molecule has 2 unspecified atom stereocenters. The minimum atomic E-state index is -0.662. The summed E-state index contributed by atoms with van der Waals surface area (Å²) < 4.78 is 0. The van der Waals surface area contributed by atoms with Crippen LogP contribution >= 0.6 is 0 Å². The molecular weight excluding hydrogens is 771 g/mol. The Hall–Kier alpha value is -2.43. The van der Waals surface area contributed by atoms with E-state index in [0.29, 0.717) is 12.8 Å². The molecule has 0 bridgehead atoms. The first-order valence-electron chi connectivity index (χ1n) is 27.3. The molecule has 0 aliphatic heterocycles. The summed E-state index contributed by atoms with van der Waals surface area (Å²) in [6.45, 7) is 4.25. The molecule has 0 aromatic carbocycles. The summed E-state index contributed by atoms with van der Waals surface area (Å²) >= 11 is 0. The summed E-state index contributed by atoms with van der Waals surface area (Å²) in [4.78, 5) is 12.5. The van der Waals surface area contributed by atoms with Crippen molar-refractivity contribution in [3.8, 4) is 0 Å². The molecule has 2 atom stereocenters. The van der Waals surface area contributed by atoms with Crippen LogP contribution in [0.1, 0.15) is 264 Å². The molecule has 0 aliphatic rings. The quantitative estimate of drug-likeness (QED) is 0.0421. The first-order valence-corrected chi connectivity index (χ1v) is 27.3. The van der Waals surface area contributed by atoms with Crippen molar-refractivity contribution in [3.05, 3.63) is 85.1 Å². The van der Waals surface area contributed by atoms with E-state index in [-0.39, 0.29) is 12.5 Å². The van der Waals surface area contributed by atoms with Crippen molar-refractivity contribution in [3.63, 3.8) is 0 Å². The number of hydrogen-bond acceptors (Lipinski definition) is 3. The fourth-order valence-electron chi connectivity index (χ4n) is 8.05. The third-order valence-corrected chi connectivity index (χ3v) is 12.2. The van der Waals surface area contributed by atoms with Crippen LogP contribution in [0.25, 0.3) is 0 Å². The van der Waals surface area contributed by atoms with E-state index < -0.39 is 12.1 Å². The third-order valence-electron chi connectivity index (χ3n) is 12.2. The SMILES string of the molecule is CC/C=C\C/C=C\C/C=C\C/C=C\C/C=C\C/C=C\C/C=C\CCCCCCCCCCCCCCCCCC(=O)NC(CO)C(O)CCCCCCCCCCCCCCCC. The van der Waals surface area contributed by atoms with E-state index in [1.807, 2.05) is 0 Å². The van der Waals surface area contributed by atoms with Gasteiger partial charge in [-0.15, -0.1) is 0 Å². The lowest BCUT2D eigenvalue weighted by Gasteiger charge is -2.22. The highest BCUT2D eigenvalue weighted by Gasteiger charge is 2.20. The molecule has 4 nitrogen and oxygen atoms in total. The van der Waals surface area contributed by atoms with Crippen LogP contribution in [0.2, 0.25) is 0 Å². The summed E-state index contributed by atoms with van der Waals surface area (Å²) in [6.07, 6.45) is 78.4. The normalized spacial score (nSPS) is 13.5. The monoisotopic (exact) mass is 876 g/mol. The van der Waals surface area contributed by atoms with Crippen LogP contribution in [-0.2, 0) is 4.79 Å². The molecule has 63 heavy (non-hydrogen) atoms. The zero-order chi connectivity index (χ0) is 45.6. The van der Waals surface area contributed by atoms with Crippen molar-refractivity contribution in [2.75, 3.05) is 6.61 Å². The van der Waals surface area contributed by atoms with Gasteiger partial charge in [0.05, 0.1) is 18.8 Å². The van der Waals surface area contributed by atoms with E-state index in [2.05, 4.69) is 104 Å². The summed E-state index contributed by atoms with van der Waals surface area (Å²) in [5.41, 5.74) is 0. The largest absolute Gasteiger partial charge is 0.394 e. The van der Waals surface area contributed by atoms with E-state index in [1.54, 1.807) is 0 Å². The zero-order valence-corrected chi connectivity index (χ0v) is 41.8. The molecule has 364 valence electrons. The average molecular weight is 876 g/mol. The van der Waals surface area contributed by atoms with Gasteiger partial charge in [-0.25, -0.2) is 0 Å². The van der Waals surface area contributed by atoms with E-state index in [0.717, 1.165) is 70.6 Å². The van der Waals surface area contributed by atoms with E-state index >= 15 is 0 Å².